The van der Waals surface area contributed by atoms with Gasteiger partial charge in [0.2, 0.25) is 0 Å². The topological polar surface area (TPSA) is 93.3 Å². The number of nitro groups is 1. The number of nitrogens with zero attached hydrogens (tertiary/aromatic N) is 2. The van der Waals surface area contributed by atoms with Crippen molar-refractivity contribution in [2.75, 3.05) is 0 Å². The summed E-state index contributed by atoms with van der Waals surface area (Å²) >= 11 is 1.25. The Bertz CT molecular complexity index is 873. The fourth-order valence-corrected chi connectivity index (χ4v) is 3.17. The quantitative estimate of drug-likeness (QED) is 0.576. The molecule has 114 valence electrons. The molecule has 0 aliphatic carbocycles. The third kappa shape index (κ3) is 2.95. The maximum atomic E-state index is 11.5. The van der Waals surface area contributed by atoms with Crippen LogP contribution in [0.4, 0.5) is 5.69 Å². The van der Waals surface area contributed by atoms with E-state index >= 15 is 0 Å². The molecule has 0 amide bonds. The minimum Gasteiger partial charge on any atom is -0.476 e. The van der Waals surface area contributed by atoms with Crippen LogP contribution in [0.15, 0.2) is 54.6 Å². The molecule has 7 heteroatoms. The van der Waals surface area contributed by atoms with Crippen molar-refractivity contribution < 1.29 is 14.8 Å². The highest BCUT2D eigenvalue weighted by atomic mass is 32.1. The molecule has 6 nitrogen and oxygen atoms in total. The summed E-state index contributed by atoms with van der Waals surface area (Å²) < 4.78 is 0. The van der Waals surface area contributed by atoms with Crippen molar-refractivity contribution in [2.24, 2.45) is 0 Å². The van der Waals surface area contributed by atoms with E-state index in [0.29, 0.717) is 15.4 Å². The summed E-state index contributed by atoms with van der Waals surface area (Å²) in [5.74, 6) is -1.13. The molecule has 0 spiro atoms. The normalized spacial score (nSPS) is 10.4. The number of aromatic nitrogens is 1. The molecule has 0 fully saturated rings. The second-order valence-electron chi connectivity index (χ2n) is 4.67. The fourth-order valence-electron chi connectivity index (χ4n) is 2.10. The zero-order valence-electron chi connectivity index (χ0n) is 11.7. The lowest BCUT2D eigenvalue weighted by molar-refractivity contribution is -0.384. The molecule has 3 aromatic rings. The molecule has 2 aromatic carbocycles. The van der Waals surface area contributed by atoms with Crippen LogP contribution in [-0.2, 0) is 0 Å². The first-order chi connectivity index (χ1) is 11.1. The number of non-ortho nitro benzene ring substituents is 1. The summed E-state index contributed by atoms with van der Waals surface area (Å²) in [7, 11) is 0. The van der Waals surface area contributed by atoms with E-state index in [2.05, 4.69) is 4.98 Å². The maximum Gasteiger partial charge on any atom is 0.356 e. The predicted molar refractivity (Wildman–Crippen MR) is 86.6 cm³/mol. The van der Waals surface area contributed by atoms with Gasteiger partial charge in [-0.3, -0.25) is 10.1 Å². The first kappa shape index (κ1) is 14.9. The van der Waals surface area contributed by atoms with Gasteiger partial charge in [0, 0.05) is 17.7 Å². The van der Waals surface area contributed by atoms with E-state index in [1.54, 1.807) is 0 Å². The van der Waals surface area contributed by atoms with E-state index in [9.17, 15) is 20.0 Å². The summed E-state index contributed by atoms with van der Waals surface area (Å²) in [5.41, 5.74) is 1.32. The fraction of sp³-hybridized carbons (Fsp3) is 0. The van der Waals surface area contributed by atoms with E-state index in [0.717, 1.165) is 5.56 Å². The number of rotatable bonds is 4. The number of hydrogen-bond donors (Lipinski definition) is 1. The Hall–Kier alpha value is -3.06. The van der Waals surface area contributed by atoms with Gasteiger partial charge in [0.05, 0.1) is 9.80 Å². The first-order valence-electron chi connectivity index (χ1n) is 6.60. The molecule has 0 aliphatic rings. The van der Waals surface area contributed by atoms with Crippen LogP contribution in [-0.4, -0.2) is 21.0 Å². The van der Waals surface area contributed by atoms with Gasteiger partial charge >= 0.3 is 5.97 Å². The second kappa shape index (κ2) is 5.98. The van der Waals surface area contributed by atoms with Crippen molar-refractivity contribution >= 4 is 23.0 Å². The monoisotopic (exact) mass is 326 g/mol. The van der Waals surface area contributed by atoms with E-state index < -0.39 is 10.9 Å². The van der Waals surface area contributed by atoms with Gasteiger partial charge in [0.1, 0.15) is 5.01 Å². The largest absolute Gasteiger partial charge is 0.476 e. The van der Waals surface area contributed by atoms with Crippen LogP contribution in [0.5, 0.6) is 0 Å². The van der Waals surface area contributed by atoms with Crippen LogP contribution in [0.2, 0.25) is 0 Å². The first-order valence-corrected chi connectivity index (χ1v) is 7.42. The number of carboxylic acids is 1. The van der Waals surface area contributed by atoms with Crippen LogP contribution in [0.25, 0.3) is 21.0 Å². The lowest BCUT2D eigenvalue weighted by atomic mass is 10.1. The number of benzene rings is 2. The van der Waals surface area contributed by atoms with Gasteiger partial charge in [-0.15, -0.1) is 11.3 Å². The van der Waals surface area contributed by atoms with E-state index in [4.69, 9.17) is 0 Å². The number of nitro benzene ring substituents is 1. The van der Waals surface area contributed by atoms with E-state index in [1.807, 2.05) is 30.3 Å². The van der Waals surface area contributed by atoms with Gasteiger partial charge in [0.25, 0.3) is 5.69 Å². The van der Waals surface area contributed by atoms with Gasteiger partial charge in [-0.05, 0) is 17.7 Å². The number of aromatic carboxylic acids is 1. The zero-order valence-corrected chi connectivity index (χ0v) is 12.5. The molecule has 1 aromatic heterocycles. The van der Waals surface area contributed by atoms with Gasteiger partial charge in [-0.25, -0.2) is 9.78 Å². The molecule has 23 heavy (non-hydrogen) atoms. The Morgan fingerprint density at radius 2 is 1.70 bits per heavy atom. The average Bonchev–Trinajstić information content (AvgIpc) is 3.01. The van der Waals surface area contributed by atoms with Gasteiger partial charge in [-0.1, -0.05) is 30.3 Å². The molecule has 0 saturated heterocycles. The highest BCUT2D eigenvalue weighted by Crippen LogP contribution is 2.36. The minimum absolute atomic E-state index is 0.0431. The molecule has 1 heterocycles. The Kier molecular flexibility index (Phi) is 3.86. The molecule has 3 rings (SSSR count). The van der Waals surface area contributed by atoms with Crippen LogP contribution in [0, 0.1) is 10.1 Å². The van der Waals surface area contributed by atoms with Crippen LogP contribution >= 0.6 is 11.3 Å². The molecule has 1 N–H and O–H groups in total. The van der Waals surface area contributed by atoms with Crippen LogP contribution in [0.1, 0.15) is 10.5 Å². The van der Waals surface area contributed by atoms with Gasteiger partial charge in [0.15, 0.2) is 5.69 Å². The molecule has 0 bridgehead atoms. The summed E-state index contributed by atoms with van der Waals surface area (Å²) in [6.45, 7) is 0. The highest BCUT2D eigenvalue weighted by Gasteiger charge is 2.20. The smallest absolute Gasteiger partial charge is 0.356 e. The van der Waals surface area contributed by atoms with E-state index in [1.165, 1.54) is 35.6 Å². The summed E-state index contributed by atoms with van der Waals surface area (Å²) in [5, 5.41) is 20.7. The van der Waals surface area contributed by atoms with Gasteiger partial charge < -0.3 is 5.11 Å². The molecular weight excluding hydrogens is 316 g/mol. The van der Waals surface area contributed by atoms with Crippen molar-refractivity contribution in [1.29, 1.82) is 0 Å². The van der Waals surface area contributed by atoms with Crippen molar-refractivity contribution in [3.8, 4) is 21.0 Å². The predicted octanol–water partition coefficient (Wildman–Crippen LogP) is 4.08. The Balaban J connectivity index is 2.09. The van der Waals surface area contributed by atoms with Crippen molar-refractivity contribution in [1.82, 2.24) is 4.98 Å². The van der Waals surface area contributed by atoms with Crippen LogP contribution < -0.4 is 0 Å². The third-order valence-corrected chi connectivity index (χ3v) is 4.34. The van der Waals surface area contributed by atoms with Crippen LogP contribution in [0.3, 0.4) is 0 Å². The third-order valence-electron chi connectivity index (χ3n) is 3.19. The standard InChI is InChI=1S/C16H10N2O4S/c19-16(20)13-14(10-6-8-12(9-7-10)18(21)22)23-15(17-13)11-4-2-1-3-5-11/h1-9H,(H,19,20). The Morgan fingerprint density at radius 3 is 2.26 bits per heavy atom. The van der Waals surface area contributed by atoms with Crippen molar-refractivity contribution in [3.05, 3.63) is 70.4 Å². The Labute approximate surface area is 134 Å². The number of carbonyl (C=O) groups is 1. The van der Waals surface area contributed by atoms with Crippen molar-refractivity contribution in [3.63, 3.8) is 0 Å². The van der Waals surface area contributed by atoms with E-state index in [-0.39, 0.29) is 11.4 Å². The number of carboxylic acid groups (broad SMARTS) is 1. The van der Waals surface area contributed by atoms with Gasteiger partial charge in [-0.2, -0.15) is 0 Å². The average molecular weight is 326 g/mol. The molecule has 0 aliphatic heterocycles. The number of hydrogen-bond acceptors (Lipinski definition) is 5. The maximum absolute atomic E-state index is 11.5. The molecule has 0 atom stereocenters. The lowest BCUT2D eigenvalue weighted by Gasteiger charge is -1.98. The number of thiazole rings is 1. The summed E-state index contributed by atoms with van der Waals surface area (Å²) in [4.78, 5) is 26.3. The Morgan fingerprint density at radius 1 is 1.04 bits per heavy atom. The SMILES string of the molecule is O=C(O)c1nc(-c2ccccc2)sc1-c1ccc([N+](=O)[O-])cc1. The summed E-state index contributed by atoms with van der Waals surface area (Å²) in [6, 6.07) is 15.0. The minimum atomic E-state index is -1.13. The second-order valence-corrected chi connectivity index (χ2v) is 5.67. The highest BCUT2D eigenvalue weighted by molar-refractivity contribution is 7.18. The lowest BCUT2D eigenvalue weighted by Crippen LogP contribution is -1.98. The molecular formula is C16H10N2O4S. The summed E-state index contributed by atoms with van der Waals surface area (Å²) in [6.07, 6.45) is 0. The molecule has 0 unspecified atom stereocenters. The van der Waals surface area contributed by atoms with Crippen molar-refractivity contribution in [2.45, 2.75) is 0 Å². The molecule has 0 saturated carbocycles. The zero-order chi connectivity index (χ0) is 16.4. The molecule has 0 radical (unpaired) electrons.